The van der Waals surface area contributed by atoms with Gasteiger partial charge < -0.3 is 10.1 Å². The topological polar surface area (TPSA) is 38.3 Å². The van der Waals surface area contributed by atoms with E-state index in [4.69, 9.17) is 4.74 Å². The number of hydrogen-bond acceptors (Lipinski definition) is 2. The minimum atomic E-state index is 0.0444. The summed E-state index contributed by atoms with van der Waals surface area (Å²) in [5.41, 5.74) is 0.668. The van der Waals surface area contributed by atoms with E-state index in [1.807, 2.05) is 0 Å². The van der Waals surface area contributed by atoms with Crippen LogP contribution < -0.4 is 5.32 Å². The predicted octanol–water partition coefficient (Wildman–Crippen LogP) is 1.86. The van der Waals surface area contributed by atoms with Gasteiger partial charge in [-0.3, -0.25) is 4.79 Å². The van der Waals surface area contributed by atoms with Crippen molar-refractivity contribution in [3.05, 3.63) is 0 Å². The highest BCUT2D eigenvalue weighted by Gasteiger charge is 2.46. The highest BCUT2D eigenvalue weighted by atomic mass is 16.5. The number of nitrogens with one attached hydrogen (secondary N) is 1. The van der Waals surface area contributed by atoms with Gasteiger partial charge in [0.05, 0.1) is 0 Å². The number of rotatable bonds is 3. The van der Waals surface area contributed by atoms with E-state index in [1.54, 1.807) is 7.11 Å². The van der Waals surface area contributed by atoms with Gasteiger partial charge in [0.2, 0.25) is 5.91 Å². The van der Waals surface area contributed by atoms with Crippen LogP contribution >= 0.6 is 0 Å². The molecule has 0 unspecified atom stereocenters. The Hall–Kier alpha value is -0.570. The molecule has 86 valence electrons. The smallest absolute Gasteiger partial charge is 0.246 e. The van der Waals surface area contributed by atoms with Crippen LogP contribution in [0.1, 0.15) is 45.4 Å². The number of hydrogen-bond donors (Lipinski definition) is 1. The number of carbonyl (C=O) groups is 1. The quantitative estimate of drug-likeness (QED) is 0.774. The molecule has 3 aliphatic rings. The zero-order valence-corrected chi connectivity index (χ0v) is 9.77. The summed E-state index contributed by atoms with van der Waals surface area (Å²) < 4.78 is 4.86. The molecule has 3 heteroatoms. The molecule has 15 heavy (non-hydrogen) atoms. The Kier molecular flexibility index (Phi) is 2.75. The van der Waals surface area contributed by atoms with Crippen LogP contribution in [0.15, 0.2) is 0 Å². The molecule has 3 fully saturated rings. The van der Waals surface area contributed by atoms with E-state index in [0.29, 0.717) is 5.41 Å². The molecular weight excluding hydrogens is 190 g/mol. The maximum atomic E-state index is 11.5. The Balaban J connectivity index is 1.95. The van der Waals surface area contributed by atoms with E-state index < -0.39 is 0 Å². The molecule has 3 nitrogen and oxygen atoms in total. The van der Waals surface area contributed by atoms with Crippen LogP contribution in [0.3, 0.4) is 0 Å². The minimum absolute atomic E-state index is 0.0444. The van der Waals surface area contributed by atoms with Gasteiger partial charge >= 0.3 is 0 Å². The number of fused-ring (bicyclic) bond motifs is 3. The van der Waals surface area contributed by atoms with Gasteiger partial charge in [-0.25, -0.2) is 0 Å². The molecule has 3 rings (SSSR count). The van der Waals surface area contributed by atoms with Crippen molar-refractivity contribution < 1.29 is 9.53 Å². The van der Waals surface area contributed by atoms with Crippen molar-refractivity contribution in [3.8, 4) is 0 Å². The van der Waals surface area contributed by atoms with E-state index in [0.717, 1.165) is 19.3 Å². The first-order valence-corrected chi connectivity index (χ1v) is 5.88. The lowest BCUT2D eigenvalue weighted by atomic mass is 9.58. The summed E-state index contributed by atoms with van der Waals surface area (Å²) in [7, 11) is 1.57. The number of carbonyl (C=O) groups excluding carboxylic acids is 1. The molecule has 0 aromatic rings. The normalized spacial score (nSPS) is 39.1. The summed E-state index contributed by atoms with van der Waals surface area (Å²) in [5, 5.41) is 3.17. The molecule has 3 aliphatic carbocycles. The average Bonchev–Trinajstić information content (AvgIpc) is 2.21. The zero-order chi connectivity index (χ0) is 10.9. The second-order valence-corrected chi connectivity index (χ2v) is 5.57. The standard InChI is InChI=1S/C12H21NO2/c1-11-3-6-12(7-4-11,8-5-11)13-10(14)9-15-2/h3-9H2,1-2H3,(H,13,14). The van der Waals surface area contributed by atoms with Crippen molar-refractivity contribution in [2.75, 3.05) is 13.7 Å². The third-order valence-electron chi connectivity index (χ3n) is 4.30. The first kappa shape index (κ1) is 10.9. The van der Waals surface area contributed by atoms with Crippen LogP contribution in [-0.4, -0.2) is 25.2 Å². The van der Waals surface area contributed by atoms with Gasteiger partial charge in [-0.2, -0.15) is 0 Å². The lowest BCUT2D eigenvalue weighted by Crippen LogP contribution is -2.56. The van der Waals surface area contributed by atoms with Crippen molar-refractivity contribution in [2.45, 2.75) is 51.0 Å². The minimum Gasteiger partial charge on any atom is -0.375 e. The largest absolute Gasteiger partial charge is 0.375 e. The highest BCUT2D eigenvalue weighted by Crippen LogP contribution is 2.51. The van der Waals surface area contributed by atoms with Crippen molar-refractivity contribution in [1.29, 1.82) is 0 Å². The van der Waals surface area contributed by atoms with Gasteiger partial charge in [-0.05, 0) is 43.9 Å². The number of methoxy groups -OCH3 is 1. The molecule has 0 aromatic carbocycles. The third-order valence-corrected chi connectivity index (χ3v) is 4.30. The van der Waals surface area contributed by atoms with Crippen LogP contribution in [-0.2, 0) is 9.53 Å². The first-order chi connectivity index (χ1) is 7.08. The zero-order valence-electron chi connectivity index (χ0n) is 9.77. The molecule has 0 aromatic heterocycles. The summed E-state index contributed by atoms with van der Waals surface area (Å²) in [6, 6.07) is 0. The molecule has 3 saturated carbocycles. The summed E-state index contributed by atoms with van der Waals surface area (Å²) in [5.74, 6) is 0.0444. The Bertz CT molecular complexity index is 238. The monoisotopic (exact) mass is 211 g/mol. The first-order valence-electron chi connectivity index (χ1n) is 5.88. The third kappa shape index (κ3) is 2.17. The maximum absolute atomic E-state index is 11.5. The SMILES string of the molecule is COCC(=O)NC12CCC(C)(CC1)CC2. The van der Waals surface area contributed by atoms with Gasteiger partial charge in [-0.1, -0.05) is 6.92 Å². The Labute approximate surface area is 91.6 Å². The molecule has 0 atom stereocenters. The van der Waals surface area contributed by atoms with Gasteiger partial charge in [0.15, 0.2) is 0 Å². The fraction of sp³-hybridized carbons (Fsp3) is 0.917. The number of amides is 1. The van der Waals surface area contributed by atoms with Crippen LogP contribution in [0.4, 0.5) is 0 Å². The van der Waals surface area contributed by atoms with Gasteiger partial charge in [-0.15, -0.1) is 0 Å². The highest BCUT2D eigenvalue weighted by molar-refractivity contribution is 5.78. The van der Waals surface area contributed by atoms with Gasteiger partial charge in [0.25, 0.3) is 0 Å². The lowest BCUT2D eigenvalue weighted by Gasteiger charge is -2.52. The second-order valence-electron chi connectivity index (χ2n) is 5.57. The summed E-state index contributed by atoms with van der Waals surface area (Å²) in [4.78, 5) is 11.5. The van der Waals surface area contributed by atoms with E-state index >= 15 is 0 Å². The molecule has 2 bridgehead atoms. The molecule has 0 saturated heterocycles. The van der Waals surface area contributed by atoms with E-state index in [-0.39, 0.29) is 18.1 Å². The fourth-order valence-electron chi connectivity index (χ4n) is 3.02. The van der Waals surface area contributed by atoms with Crippen molar-refractivity contribution in [1.82, 2.24) is 5.32 Å². The fourth-order valence-corrected chi connectivity index (χ4v) is 3.02. The van der Waals surface area contributed by atoms with E-state index in [2.05, 4.69) is 12.2 Å². The van der Waals surface area contributed by atoms with E-state index in [9.17, 15) is 4.79 Å². The van der Waals surface area contributed by atoms with Gasteiger partial charge in [0.1, 0.15) is 6.61 Å². The van der Waals surface area contributed by atoms with Crippen LogP contribution in [0, 0.1) is 5.41 Å². The van der Waals surface area contributed by atoms with Crippen molar-refractivity contribution in [2.24, 2.45) is 5.41 Å². The predicted molar refractivity (Wildman–Crippen MR) is 58.6 cm³/mol. The maximum Gasteiger partial charge on any atom is 0.246 e. The summed E-state index contributed by atoms with van der Waals surface area (Å²) in [6.45, 7) is 2.58. The van der Waals surface area contributed by atoms with Crippen LogP contribution in [0.25, 0.3) is 0 Å². The Morgan fingerprint density at radius 2 is 1.73 bits per heavy atom. The summed E-state index contributed by atoms with van der Waals surface area (Å²) in [6.07, 6.45) is 7.25. The molecule has 1 amide bonds. The Morgan fingerprint density at radius 3 is 2.20 bits per heavy atom. The second kappa shape index (κ2) is 3.78. The van der Waals surface area contributed by atoms with Gasteiger partial charge in [0, 0.05) is 12.6 Å². The van der Waals surface area contributed by atoms with E-state index in [1.165, 1.54) is 19.3 Å². The van der Waals surface area contributed by atoms with Crippen LogP contribution in [0.5, 0.6) is 0 Å². The molecule has 0 aliphatic heterocycles. The molecule has 1 N–H and O–H groups in total. The molecule has 0 heterocycles. The molecule has 0 spiro atoms. The summed E-state index contributed by atoms with van der Waals surface area (Å²) >= 11 is 0. The van der Waals surface area contributed by atoms with Crippen molar-refractivity contribution >= 4 is 5.91 Å². The lowest BCUT2D eigenvalue weighted by molar-refractivity contribution is -0.128. The average molecular weight is 211 g/mol. The van der Waals surface area contributed by atoms with Crippen molar-refractivity contribution in [3.63, 3.8) is 0 Å². The Morgan fingerprint density at radius 1 is 1.20 bits per heavy atom. The molecule has 0 radical (unpaired) electrons. The molecular formula is C12H21NO2. The number of ether oxygens (including phenoxy) is 1. The van der Waals surface area contributed by atoms with Crippen LogP contribution in [0.2, 0.25) is 0 Å².